The van der Waals surface area contributed by atoms with E-state index in [1.807, 2.05) is 0 Å². The molecule has 18 heavy (non-hydrogen) atoms. The van der Waals surface area contributed by atoms with E-state index >= 15 is 0 Å². The van der Waals surface area contributed by atoms with Crippen molar-refractivity contribution < 1.29 is 23.1 Å². The van der Waals surface area contributed by atoms with E-state index in [2.05, 4.69) is 36.6 Å². The van der Waals surface area contributed by atoms with Crippen LogP contribution in [0.3, 0.4) is 0 Å². The Balaban J connectivity index is 2.51. The number of nitrogens with one attached hydrogen (secondary N) is 1. The highest BCUT2D eigenvalue weighted by molar-refractivity contribution is 9.12. The molecular weight excluding hydrogens is 414 g/mol. The first kappa shape index (κ1) is 16.1. The zero-order valence-corrected chi connectivity index (χ0v) is 13.7. The summed E-state index contributed by atoms with van der Waals surface area (Å²) in [6.45, 7) is -0.445. The summed E-state index contributed by atoms with van der Waals surface area (Å²) in [5.74, 6) is -1.10. The zero-order chi connectivity index (χ0) is 13.8. The van der Waals surface area contributed by atoms with Gasteiger partial charge in [-0.2, -0.15) is 0 Å². The number of ether oxygens (including phenoxy) is 1. The first-order valence-electron chi connectivity index (χ1n) is 4.57. The van der Waals surface area contributed by atoms with Gasteiger partial charge in [-0.3, -0.25) is 0 Å². The molecule has 6 nitrogen and oxygen atoms in total. The average molecular weight is 423 g/mol. The number of thiophene rings is 1. The summed E-state index contributed by atoms with van der Waals surface area (Å²) in [5.41, 5.74) is 0. The van der Waals surface area contributed by atoms with Crippen LogP contribution in [0.15, 0.2) is 18.5 Å². The van der Waals surface area contributed by atoms with Crippen molar-refractivity contribution in [3.05, 3.63) is 13.6 Å². The number of aliphatic carboxylic acids is 1. The molecular formula is C8H9Br2NO5S2. The Labute approximate surface area is 125 Å². The third-order valence-electron chi connectivity index (χ3n) is 1.68. The van der Waals surface area contributed by atoms with Crippen LogP contribution in [0.4, 0.5) is 0 Å². The normalized spacial score (nSPS) is 11.7. The van der Waals surface area contributed by atoms with Crippen LogP contribution in [-0.4, -0.2) is 39.3 Å². The minimum Gasteiger partial charge on any atom is -0.480 e. The first-order chi connectivity index (χ1) is 8.33. The fourth-order valence-electron chi connectivity index (χ4n) is 0.994. The van der Waals surface area contributed by atoms with Crippen molar-refractivity contribution in [2.24, 2.45) is 0 Å². The molecule has 0 aliphatic rings. The molecule has 10 heteroatoms. The Morgan fingerprint density at radius 3 is 2.67 bits per heavy atom. The molecule has 0 unspecified atom stereocenters. The van der Waals surface area contributed by atoms with E-state index in [9.17, 15) is 13.2 Å². The minimum absolute atomic E-state index is 0.00550. The van der Waals surface area contributed by atoms with Crippen molar-refractivity contribution in [3.63, 3.8) is 0 Å². The second kappa shape index (κ2) is 6.96. The van der Waals surface area contributed by atoms with Crippen LogP contribution in [0, 0.1) is 0 Å². The van der Waals surface area contributed by atoms with Gasteiger partial charge in [0, 0.05) is 6.54 Å². The van der Waals surface area contributed by atoms with Gasteiger partial charge < -0.3 is 9.84 Å². The van der Waals surface area contributed by atoms with Crippen LogP contribution in [0.25, 0.3) is 0 Å². The summed E-state index contributed by atoms with van der Waals surface area (Å²) < 4.78 is 31.9. The lowest BCUT2D eigenvalue weighted by molar-refractivity contribution is -0.142. The highest BCUT2D eigenvalue weighted by atomic mass is 79.9. The molecule has 0 fully saturated rings. The molecule has 1 heterocycles. The molecule has 0 aromatic carbocycles. The van der Waals surface area contributed by atoms with Crippen molar-refractivity contribution in [2.75, 3.05) is 19.8 Å². The van der Waals surface area contributed by atoms with E-state index in [0.717, 1.165) is 0 Å². The summed E-state index contributed by atoms with van der Waals surface area (Å²) >= 11 is 7.59. The van der Waals surface area contributed by atoms with Crippen LogP contribution in [0.1, 0.15) is 0 Å². The topological polar surface area (TPSA) is 92.7 Å². The van der Waals surface area contributed by atoms with Gasteiger partial charge in [0.2, 0.25) is 10.0 Å². The molecule has 0 aliphatic carbocycles. The second-order valence-electron chi connectivity index (χ2n) is 3.03. The third kappa shape index (κ3) is 4.94. The lowest BCUT2D eigenvalue weighted by atomic mass is 10.7. The highest BCUT2D eigenvalue weighted by Crippen LogP contribution is 2.34. The molecule has 2 N–H and O–H groups in total. The van der Waals surface area contributed by atoms with Crippen LogP contribution >= 0.6 is 43.2 Å². The monoisotopic (exact) mass is 421 g/mol. The molecule has 0 saturated heterocycles. The van der Waals surface area contributed by atoms with Crippen molar-refractivity contribution in [3.8, 4) is 0 Å². The summed E-state index contributed by atoms with van der Waals surface area (Å²) in [6.07, 6.45) is 0. The Hall–Kier alpha value is -0.000000000000000333. The number of halogens is 2. The fourth-order valence-corrected chi connectivity index (χ4v) is 5.82. The summed E-state index contributed by atoms with van der Waals surface area (Å²) in [5, 5.41) is 8.32. The van der Waals surface area contributed by atoms with Gasteiger partial charge >= 0.3 is 5.97 Å². The van der Waals surface area contributed by atoms with Crippen molar-refractivity contribution in [1.82, 2.24) is 4.72 Å². The summed E-state index contributed by atoms with van der Waals surface area (Å²) in [7, 11) is -3.61. The molecule has 102 valence electrons. The predicted octanol–water partition coefficient (Wildman–Crippen LogP) is 1.65. The largest absolute Gasteiger partial charge is 0.480 e. The number of rotatable bonds is 7. The molecule has 1 aromatic heterocycles. The van der Waals surface area contributed by atoms with E-state index in [1.54, 1.807) is 0 Å². The molecule has 0 saturated carbocycles. The Morgan fingerprint density at radius 2 is 2.17 bits per heavy atom. The average Bonchev–Trinajstić information content (AvgIpc) is 2.57. The van der Waals surface area contributed by atoms with Gasteiger partial charge in [-0.05, 0) is 37.9 Å². The molecule has 0 aliphatic heterocycles. The van der Waals surface area contributed by atoms with Crippen molar-refractivity contribution in [2.45, 2.75) is 4.90 Å². The number of carboxylic acid groups (broad SMARTS) is 1. The van der Waals surface area contributed by atoms with Gasteiger partial charge in [0.1, 0.15) is 11.5 Å². The second-order valence-corrected chi connectivity index (χ2v) is 8.52. The van der Waals surface area contributed by atoms with Gasteiger partial charge in [-0.1, -0.05) is 0 Å². The maximum atomic E-state index is 11.8. The van der Waals surface area contributed by atoms with E-state index < -0.39 is 22.6 Å². The molecule has 1 rings (SSSR count). The maximum absolute atomic E-state index is 11.8. The van der Waals surface area contributed by atoms with E-state index in [4.69, 9.17) is 9.84 Å². The van der Waals surface area contributed by atoms with Crippen LogP contribution in [-0.2, 0) is 19.6 Å². The predicted molar refractivity (Wildman–Crippen MR) is 73.4 cm³/mol. The number of hydrogen-bond acceptors (Lipinski definition) is 5. The molecule has 1 aromatic rings. The molecule has 0 spiro atoms. The third-order valence-corrected chi connectivity index (χ3v) is 5.90. The zero-order valence-electron chi connectivity index (χ0n) is 8.85. The molecule has 0 amide bonds. The van der Waals surface area contributed by atoms with E-state index in [1.165, 1.54) is 17.4 Å². The Morgan fingerprint density at radius 1 is 1.50 bits per heavy atom. The lowest BCUT2D eigenvalue weighted by Gasteiger charge is -2.05. The smallest absolute Gasteiger partial charge is 0.329 e. The van der Waals surface area contributed by atoms with Crippen molar-refractivity contribution >= 4 is 59.2 Å². The first-order valence-corrected chi connectivity index (χ1v) is 8.45. The quantitative estimate of drug-likeness (QED) is 0.651. The maximum Gasteiger partial charge on any atom is 0.329 e. The van der Waals surface area contributed by atoms with Gasteiger partial charge in [-0.25, -0.2) is 17.9 Å². The number of sulfonamides is 1. The number of carbonyl (C=O) groups is 1. The van der Waals surface area contributed by atoms with E-state index in [0.29, 0.717) is 7.57 Å². The van der Waals surface area contributed by atoms with Gasteiger partial charge in [0.15, 0.2) is 0 Å². The van der Waals surface area contributed by atoms with Gasteiger partial charge in [-0.15, -0.1) is 11.3 Å². The summed E-state index contributed by atoms with van der Waals surface area (Å²) in [4.78, 5) is 10.3. The SMILES string of the molecule is O=C(O)COCCNS(=O)(=O)c1cc(Br)sc1Br. The van der Waals surface area contributed by atoms with Crippen LogP contribution < -0.4 is 4.72 Å². The van der Waals surface area contributed by atoms with Crippen LogP contribution in [0.5, 0.6) is 0 Å². The van der Waals surface area contributed by atoms with Gasteiger partial charge in [0.05, 0.1) is 14.2 Å². The standard InChI is InChI=1S/C8H9Br2NO5S2/c9-6-3-5(8(10)17-6)18(14,15)11-1-2-16-4-7(12)13/h3,11H,1-2,4H2,(H,12,13). The van der Waals surface area contributed by atoms with Crippen molar-refractivity contribution in [1.29, 1.82) is 0 Å². The number of carboxylic acids is 1. The highest BCUT2D eigenvalue weighted by Gasteiger charge is 2.19. The molecule has 0 bridgehead atoms. The molecule has 0 atom stereocenters. The number of hydrogen-bond donors (Lipinski definition) is 2. The summed E-state index contributed by atoms with van der Waals surface area (Å²) in [6, 6.07) is 1.48. The minimum atomic E-state index is -3.61. The Kier molecular flexibility index (Phi) is 6.21. The van der Waals surface area contributed by atoms with Crippen LogP contribution in [0.2, 0.25) is 0 Å². The molecule has 0 radical (unpaired) electrons. The van der Waals surface area contributed by atoms with E-state index in [-0.39, 0.29) is 18.0 Å². The lowest BCUT2D eigenvalue weighted by Crippen LogP contribution is -2.28. The van der Waals surface area contributed by atoms with Gasteiger partial charge in [0.25, 0.3) is 0 Å². The fraction of sp³-hybridized carbons (Fsp3) is 0.375. The Bertz CT molecular complexity index is 528.